The van der Waals surface area contributed by atoms with E-state index in [9.17, 15) is 18.4 Å². The summed E-state index contributed by atoms with van der Waals surface area (Å²) in [5, 5.41) is 0.975. The van der Waals surface area contributed by atoms with Crippen molar-refractivity contribution in [3.05, 3.63) is 58.1 Å². The molecule has 0 bridgehead atoms. The number of benzene rings is 2. The Morgan fingerprint density at radius 3 is 2.23 bits per heavy atom. The van der Waals surface area contributed by atoms with Gasteiger partial charge in [0.1, 0.15) is 6.54 Å². The molecule has 2 heterocycles. The minimum absolute atomic E-state index is 0.0498. The Hall–Kier alpha value is -2.58. The van der Waals surface area contributed by atoms with Crippen LogP contribution in [0.4, 0.5) is 25.0 Å². The Morgan fingerprint density at radius 1 is 0.839 bits per heavy atom. The van der Waals surface area contributed by atoms with E-state index in [2.05, 4.69) is 4.90 Å². The molecule has 31 heavy (non-hydrogen) atoms. The molecule has 2 saturated heterocycles. The SMILES string of the molecule is O=C(CN1CCN(c2ccc(F)c(F)c2)C1=O)N1CCN(c2ccc(Cl)c(Cl)c2)CC1. The van der Waals surface area contributed by atoms with Gasteiger partial charge in [0.2, 0.25) is 5.91 Å². The summed E-state index contributed by atoms with van der Waals surface area (Å²) in [4.78, 5) is 32.0. The molecule has 0 unspecified atom stereocenters. The molecule has 0 spiro atoms. The molecule has 2 aliphatic heterocycles. The average molecular weight is 469 g/mol. The zero-order valence-corrected chi connectivity index (χ0v) is 18.0. The van der Waals surface area contributed by atoms with E-state index in [-0.39, 0.29) is 18.1 Å². The number of hydrogen-bond donors (Lipinski definition) is 0. The molecule has 2 fully saturated rings. The summed E-state index contributed by atoms with van der Waals surface area (Å²) in [5.41, 5.74) is 1.22. The summed E-state index contributed by atoms with van der Waals surface area (Å²) >= 11 is 12.1. The first-order chi connectivity index (χ1) is 14.8. The molecule has 2 aromatic carbocycles. The van der Waals surface area contributed by atoms with Crippen LogP contribution < -0.4 is 9.80 Å². The van der Waals surface area contributed by atoms with Gasteiger partial charge in [-0.25, -0.2) is 13.6 Å². The highest BCUT2D eigenvalue weighted by atomic mass is 35.5. The Kier molecular flexibility index (Phi) is 6.20. The Bertz CT molecular complexity index is 1010. The first-order valence-corrected chi connectivity index (χ1v) is 10.6. The summed E-state index contributed by atoms with van der Waals surface area (Å²) in [6.07, 6.45) is 0. The topological polar surface area (TPSA) is 47.1 Å². The number of anilines is 2. The average Bonchev–Trinajstić information content (AvgIpc) is 3.12. The Balaban J connectivity index is 1.32. The lowest BCUT2D eigenvalue weighted by atomic mass is 10.2. The maximum atomic E-state index is 13.5. The molecule has 0 radical (unpaired) electrons. The summed E-state index contributed by atoms with van der Waals surface area (Å²) in [6, 6.07) is 8.37. The second-order valence-corrected chi connectivity index (χ2v) is 8.23. The van der Waals surface area contributed by atoms with Crippen molar-refractivity contribution in [2.24, 2.45) is 0 Å². The molecule has 10 heteroatoms. The standard InChI is InChI=1S/C21H20Cl2F2N4O2/c22-16-3-1-14(11-17(16)23)26-5-7-27(8-6-26)20(30)13-28-9-10-29(21(28)31)15-2-4-18(24)19(25)12-15/h1-4,11-12H,5-10,13H2. The van der Waals surface area contributed by atoms with E-state index in [1.54, 1.807) is 17.0 Å². The summed E-state index contributed by atoms with van der Waals surface area (Å²) in [6.45, 7) is 2.92. The first-order valence-electron chi connectivity index (χ1n) is 9.83. The third-order valence-electron chi connectivity index (χ3n) is 5.54. The van der Waals surface area contributed by atoms with E-state index < -0.39 is 17.7 Å². The van der Waals surface area contributed by atoms with Crippen LogP contribution in [-0.4, -0.2) is 67.6 Å². The molecule has 3 amide bonds. The Morgan fingerprint density at radius 2 is 1.55 bits per heavy atom. The van der Waals surface area contributed by atoms with Crippen molar-refractivity contribution >= 4 is 46.5 Å². The van der Waals surface area contributed by atoms with Gasteiger partial charge in [-0.3, -0.25) is 9.69 Å². The van der Waals surface area contributed by atoms with Gasteiger partial charge in [0, 0.05) is 56.7 Å². The van der Waals surface area contributed by atoms with Crippen LogP contribution in [0.25, 0.3) is 0 Å². The molecular formula is C21H20Cl2F2N4O2. The minimum Gasteiger partial charge on any atom is -0.368 e. The van der Waals surface area contributed by atoms with Crippen LogP contribution in [0.5, 0.6) is 0 Å². The molecule has 2 aliphatic rings. The van der Waals surface area contributed by atoms with E-state index in [4.69, 9.17) is 23.2 Å². The number of nitrogens with zero attached hydrogens (tertiary/aromatic N) is 4. The summed E-state index contributed by atoms with van der Waals surface area (Å²) in [5.74, 6) is -2.13. The van der Waals surface area contributed by atoms with Crippen LogP contribution in [0.2, 0.25) is 10.0 Å². The number of carbonyl (C=O) groups excluding carboxylic acids is 2. The molecule has 0 N–H and O–H groups in total. The number of urea groups is 1. The predicted molar refractivity (Wildman–Crippen MR) is 116 cm³/mol. The number of hydrogen-bond acceptors (Lipinski definition) is 3. The molecular weight excluding hydrogens is 449 g/mol. The van der Waals surface area contributed by atoms with Crippen molar-refractivity contribution in [2.75, 3.05) is 55.6 Å². The molecule has 6 nitrogen and oxygen atoms in total. The van der Waals surface area contributed by atoms with Gasteiger partial charge in [-0.2, -0.15) is 0 Å². The molecule has 164 valence electrons. The highest BCUT2D eigenvalue weighted by Crippen LogP contribution is 2.28. The van der Waals surface area contributed by atoms with Crippen molar-refractivity contribution < 1.29 is 18.4 Å². The molecule has 0 atom stereocenters. The van der Waals surface area contributed by atoms with Crippen LogP contribution in [0, 0.1) is 11.6 Å². The van der Waals surface area contributed by atoms with E-state index in [0.29, 0.717) is 49.3 Å². The monoisotopic (exact) mass is 468 g/mol. The summed E-state index contributed by atoms with van der Waals surface area (Å²) in [7, 11) is 0. The van der Waals surface area contributed by atoms with Crippen LogP contribution >= 0.6 is 23.2 Å². The van der Waals surface area contributed by atoms with Crippen LogP contribution in [0.15, 0.2) is 36.4 Å². The van der Waals surface area contributed by atoms with Gasteiger partial charge < -0.3 is 14.7 Å². The van der Waals surface area contributed by atoms with Crippen molar-refractivity contribution in [1.29, 1.82) is 0 Å². The van der Waals surface area contributed by atoms with Gasteiger partial charge >= 0.3 is 6.03 Å². The van der Waals surface area contributed by atoms with Crippen molar-refractivity contribution in [3.63, 3.8) is 0 Å². The molecule has 2 aromatic rings. The van der Waals surface area contributed by atoms with Crippen molar-refractivity contribution in [3.8, 4) is 0 Å². The first kappa shape index (κ1) is 21.6. The lowest BCUT2D eigenvalue weighted by Crippen LogP contribution is -2.51. The van der Waals surface area contributed by atoms with Crippen LogP contribution in [0.3, 0.4) is 0 Å². The van der Waals surface area contributed by atoms with Gasteiger partial charge in [0.05, 0.1) is 10.0 Å². The zero-order chi connectivity index (χ0) is 22.1. The highest BCUT2D eigenvalue weighted by Gasteiger charge is 2.33. The number of amides is 3. The maximum Gasteiger partial charge on any atom is 0.325 e. The van der Waals surface area contributed by atoms with Crippen LogP contribution in [0.1, 0.15) is 0 Å². The van der Waals surface area contributed by atoms with Gasteiger partial charge in [0.15, 0.2) is 11.6 Å². The van der Waals surface area contributed by atoms with Gasteiger partial charge in [-0.05, 0) is 30.3 Å². The third kappa shape index (κ3) is 4.55. The van der Waals surface area contributed by atoms with Crippen molar-refractivity contribution in [2.45, 2.75) is 0 Å². The fourth-order valence-corrected chi connectivity index (χ4v) is 4.07. The molecule has 0 aliphatic carbocycles. The Labute approximate surface area is 188 Å². The fourth-order valence-electron chi connectivity index (χ4n) is 3.78. The molecule has 0 saturated carbocycles. The number of piperazine rings is 1. The lowest BCUT2D eigenvalue weighted by Gasteiger charge is -2.36. The third-order valence-corrected chi connectivity index (χ3v) is 6.28. The minimum atomic E-state index is -1.01. The predicted octanol–water partition coefficient (Wildman–Crippen LogP) is 3.86. The number of carbonyl (C=O) groups is 2. The highest BCUT2D eigenvalue weighted by molar-refractivity contribution is 6.42. The molecule has 0 aromatic heterocycles. The van der Waals surface area contributed by atoms with E-state index in [0.717, 1.165) is 17.8 Å². The number of rotatable bonds is 4. The maximum absolute atomic E-state index is 13.5. The molecule has 4 rings (SSSR count). The number of halogens is 4. The quantitative estimate of drug-likeness (QED) is 0.684. The van der Waals surface area contributed by atoms with Gasteiger partial charge in [-0.15, -0.1) is 0 Å². The largest absolute Gasteiger partial charge is 0.368 e. The van der Waals surface area contributed by atoms with Gasteiger partial charge in [-0.1, -0.05) is 23.2 Å². The van der Waals surface area contributed by atoms with E-state index in [1.165, 1.54) is 15.9 Å². The second-order valence-electron chi connectivity index (χ2n) is 7.42. The summed E-state index contributed by atoms with van der Waals surface area (Å²) < 4.78 is 26.7. The fraction of sp³-hybridized carbons (Fsp3) is 0.333. The van der Waals surface area contributed by atoms with Crippen molar-refractivity contribution in [1.82, 2.24) is 9.80 Å². The van der Waals surface area contributed by atoms with Crippen LogP contribution in [-0.2, 0) is 4.79 Å². The van der Waals surface area contributed by atoms with Gasteiger partial charge in [0.25, 0.3) is 0 Å². The smallest absolute Gasteiger partial charge is 0.325 e. The lowest BCUT2D eigenvalue weighted by molar-refractivity contribution is -0.131. The van der Waals surface area contributed by atoms with E-state index in [1.807, 2.05) is 6.07 Å². The zero-order valence-electron chi connectivity index (χ0n) is 16.5. The normalized spacial score (nSPS) is 17.0. The van der Waals surface area contributed by atoms with E-state index >= 15 is 0 Å². The second kappa shape index (κ2) is 8.88.